The summed E-state index contributed by atoms with van der Waals surface area (Å²) in [4.78, 5) is 0. The van der Waals surface area contributed by atoms with Crippen LogP contribution in [0.2, 0.25) is 0 Å². The average Bonchev–Trinajstić information content (AvgIpc) is 3.41. The third-order valence-corrected chi connectivity index (χ3v) is 18.9. The molecule has 9 aromatic rings. The number of allylic oxidation sites excluding steroid dienone is 8. The maximum atomic E-state index is 9.38. The van der Waals surface area contributed by atoms with Crippen LogP contribution in [0.25, 0.3) is 43.1 Å². The first-order valence-corrected chi connectivity index (χ1v) is 26.7. The van der Waals surface area contributed by atoms with Gasteiger partial charge < -0.3 is 12.8 Å². The summed E-state index contributed by atoms with van der Waals surface area (Å²) >= 11 is 0. The van der Waals surface area contributed by atoms with Crippen LogP contribution in [0.3, 0.4) is 0 Å². The van der Waals surface area contributed by atoms with Gasteiger partial charge in [0.25, 0.3) is 0 Å². The topological polar surface area (TPSA) is 47.6 Å². The van der Waals surface area contributed by atoms with Gasteiger partial charge in [-0.05, 0) is 107 Å². The van der Waals surface area contributed by atoms with Crippen molar-refractivity contribution in [2.24, 2.45) is 11.8 Å². The van der Waals surface area contributed by atoms with Gasteiger partial charge >= 0.3 is 44.8 Å². The zero-order valence-corrected chi connectivity index (χ0v) is 44.8. The Morgan fingerprint density at radius 1 is 0.389 bits per heavy atom. The van der Waals surface area contributed by atoms with Crippen LogP contribution in [0.1, 0.15) is 48.9 Å². The van der Waals surface area contributed by atoms with Crippen molar-refractivity contribution in [3.8, 4) is 24.0 Å². The minimum Gasteiger partial charge on any atom is -0.366 e. The summed E-state index contributed by atoms with van der Waals surface area (Å²) in [6.07, 6.45) is 32.0. The molecule has 4 unspecified atom stereocenters. The van der Waals surface area contributed by atoms with Crippen LogP contribution < -0.4 is 21.2 Å². The fourth-order valence-electron chi connectivity index (χ4n) is 9.86. The van der Waals surface area contributed by atoms with Crippen molar-refractivity contribution in [1.82, 2.24) is 0 Å². The summed E-state index contributed by atoms with van der Waals surface area (Å²) in [5, 5.41) is 35.0. The molecule has 2 aliphatic rings. The van der Waals surface area contributed by atoms with Gasteiger partial charge in [0.2, 0.25) is 0 Å². The zero-order chi connectivity index (χ0) is 48.4. The van der Waals surface area contributed by atoms with E-state index in [1.54, 1.807) is 10.6 Å². The van der Waals surface area contributed by atoms with Crippen LogP contribution in [0.4, 0.5) is 0 Å². The predicted octanol–water partition coefficient (Wildman–Crippen LogP) is 14.6. The van der Waals surface area contributed by atoms with Crippen LogP contribution in [0.5, 0.6) is 0 Å². The van der Waals surface area contributed by atoms with E-state index < -0.39 is 15.8 Å². The second-order valence-corrected chi connectivity index (χ2v) is 22.5. The van der Waals surface area contributed by atoms with E-state index in [1.165, 1.54) is 21.2 Å². The number of hydrogen-bond acceptors (Lipinski definition) is 2. The van der Waals surface area contributed by atoms with E-state index in [1.807, 2.05) is 97.1 Å². The number of nitrogens with zero attached hydrogens (tertiary/aromatic N) is 2. The third kappa shape index (κ3) is 11.2. The van der Waals surface area contributed by atoms with Crippen molar-refractivity contribution in [1.29, 1.82) is 10.5 Å². The molecule has 2 aliphatic carbocycles. The number of benzene rings is 9. The molecule has 0 N–H and O–H groups in total. The molecule has 4 atom stereocenters. The van der Waals surface area contributed by atoms with Crippen molar-refractivity contribution in [2.45, 2.75) is 26.7 Å². The van der Waals surface area contributed by atoms with Crippen molar-refractivity contribution < 1.29 is 44.8 Å². The fraction of sp³-hybridized carbons (Fsp3) is 0.0909. The predicted molar refractivity (Wildman–Crippen MR) is 301 cm³/mol. The first kappa shape index (κ1) is 53.2. The normalized spacial score (nSPS) is 15.2. The van der Waals surface area contributed by atoms with Gasteiger partial charge in [0.05, 0.1) is 21.8 Å². The molecule has 0 aliphatic heterocycles. The molecule has 354 valence electrons. The second kappa shape index (κ2) is 25.2. The summed E-state index contributed by atoms with van der Waals surface area (Å²) in [6.45, 7) is 4.69. The minimum absolute atomic E-state index is 0. The van der Waals surface area contributed by atoms with E-state index in [9.17, 15) is 10.5 Å². The Kier molecular flexibility index (Phi) is 18.6. The maximum Gasteiger partial charge on any atom is 1.00 e. The van der Waals surface area contributed by atoms with Gasteiger partial charge in [-0.25, -0.2) is 0 Å². The number of nitriles is 2. The molecule has 0 amide bonds. The summed E-state index contributed by atoms with van der Waals surface area (Å²) in [6, 6.07) is 67.1. The Morgan fingerprint density at radius 2 is 0.653 bits per heavy atom. The number of hydrogen-bond donors (Lipinski definition) is 0. The summed E-state index contributed by atoms with van der Waals surface area (Å²) in [5.41, 5.74) is 2.83. The molecule has 0 heterocycles. The van der Waals surface area contributed by atoms with Crippen LogP contribution in [-0.4, -0.2) is 0 Å². The van der Waals surface area contributed by atoms with E-state index in [-0.39, 0.29) is 44.8 Å². The zero-order valence-electron chi connectivity index (χ0n) is 39.9. The molecule has 0 spiro atoms. The molecule has 9 aromatic carbocycles. The van der Waals surface area contributed by atoms with Crippen molar-refractivity contribution in [2.75, 3.05) is 0 Å². The fourth-order valence-corrected chi connectivity index (χ4v) is 16.3. The van der Waals surface area contributed by atoms with Gasteiger partial charge in [0, 0.05) is 0 Å². The van der Waals surface area contributed by atoms with E-state index in [0.717, 1.165) is 67.1 Å². The molecule has 0 aromatic heterocycles. The van der Waals surface area contributed by atoms with Gasteiger partial charge in [-0.2, -0.15) is 10.5 Å². The van der Waals surface area contributed by atoms with Gasteiger partial charge in [-0.1, -0.05) is 193 Å². The molecule has 6 heteroatoms. The summed E-state index contributed by atoms with van der Waals surface area (Å²) in [7, 11) is -2.23. The molecular weight excluding hydrogens is 1100 g/mol. The molecule has 0 fully saturated rings. The Morgan fingerprint density at radius 3 is 0.917 bits per heavy atom. The minimum atomic E-state index is -1.12. The molecule has 11 rings (SSSR count). The van der Waals surface area contributed by atoms with Gasteiger partial charge in [0.15, 0.2) is 0 Å². The Balaban J connectivity index is 0.000000170. The van der Waals surface area contributed by atoms with Crippen molar-refractivity contribution >= 4 is 80.2 Å². The monoisotopic (exact) mass is 1150 g/mol. The Hall–Kier alpha value is -6.58. The summed E-state index contributed by atoms with van der Waals surface area (Å²) in [5.74, 6) is 6.20. The van der Waals surface area contributed by atoms with E-state index in [0.29, 0.717) is 23.0 Å². The molecule has 72 heavy (non-hydrogen) atoms. The third-order valence-electron chi connectivity index (χ3n) is 13.0. The van der Waals surface area contributed by atoms with Crippen LogP contribution in [0.15, 0.2) is 229 Å². The van der Waals surface area contributed by atoms with E-state index in [2.05, 4.69) is 159 Å². The second-order valence-electron chi connectivity index (χ2n) is 17.7. The Labute approximate surface area is 458 Å². The molecule has 0 saturated heterocycles. The standard InChI is InChI=1S/C32H32P2.2C17H8N.2Ag/c1-25-13-11-19-29(23-25)33(27-15-5-3-6-16-27)31-21-9-10-22-32(31)34(28-17-7-4-8-18-28)30-20-12-14-26(2)24-30;2*1-2-12-13-7-3-5-9-15(13)17(11-18)16-10-6-4-8-14(12)16;;/h3-12,15-26H,13-14H2,1-2H3;2*3-10H;;/q;2*-1;2*+1/p+2. The largest absolute Gasteiger partial charge is 1.00 e. The molecule has 0 radical (unpaired) electrons. The molecule has 0 saturated carbocycles. The van der Waals surface area contributed by atoms with Gasteiger partial charge in [0.1, 0.15) is 49.2 Å². The number of rotatable bonds is 6. The van der Waals surface area contributed by atoms with Crippen molar-refractivity contribution in [3.63, 3.8) is 0 Å². The molecule has 2 nitrogen and oxygen atoms in total. The van der Waals surface area contributed by atoms with Gasteiger partial charge in [-0.3, -0.25) is 11.8 Å². The van der Waals surface area contributed by atoms with Crippen LogP contribution in [-0.2, 0) is 44.8 Å². The maximum absolute atomic E-state index is 9.38. The summed E-state index contributed by atoms with van der Waals surface area (Å²) < 4.78 is 0. The first-order chi connectivity index (χ1) is 34.4. The first-order valence-electron chi connectivity index (χ1n) is 23.7. The molecular formula is C66H50Ag2N2P2+2. The van der Waals surface area contributed by atoms with Crippen LogP contribution in [0, 0.1) is 59.2 Å². The van der Waals surface area contributed by atoms with Gasteiger partial charge in [-0.15, -0.1) is 11.1 Å². The van der Waals surface area contributed by atoms with E-state index >= 15 is 0 Å². The SMILES string of the molecule is CC1C=C([PH+](c2ccccc2)c2ccccc2[PH+](C2=CC(C)CC=C2)c2ccccc2)C=CC1.[Ag+].[Ag+].[C-]#Cc1c2ccccc2c(C#N)c2ccccc12.[C-]#Cc1c2ccccc2c(C#N)c2ccccc12. The quantitative estimate of drug-likeness (QED) is 0.0548. The smallest absolute Gasteiger partial charge is 0.366 e. The average molecular weight is 1150 g/mol. The number of fused-ring (bicyclic) bond motifs is 4. The van der Waals surface area contributed by atoms with Crippen LogP contribution >= 0.6 is 15.8 Å². The Bertz CT molecular complexity index is 3210. The molecule has 0 bridgehead atoms. The van der Waals surface area contributed by atoms with E-state index in [4.69, 9.17) is 12.8 Å². The van der Waals surface area contributed by atoms with Crippen molar-refractivity contribution in [3.05, 3.63) is 264 Å².